The van der Waals surface area contributed by atoms with Crippen molar-refractivity contribution >= 4 is 43.1 Å². The molecule has 0 saturated carbocycles. The molecule has 12 heteroatoms. The minimum absolute atomic E-state index is 0.140. The number of nitrogens with one attached hydrogen (secondary N) is 1. The van der Waals surface area contributed by atoms with Gasteiger partial charge >= 0.3 is 0 Å². The number of piperazine rings is 1. The van der Waals surface area contributed by atoms with E-state index < -0.39 is 26.1 Å². The zero-order valence-electron chi connectivity index (χ0n) is 17.6. The van der Waals surface area contributed by atoms with Gasteiger partial charge in [-0.1, -0.05) is 32.0 Å². The molecule has 9 nitrogen and oxygen atoms in total. The minimum Gasteiger partial charge on any atom is -0.338 e. The smallest absolute Gasteiger partial charge is 0.263 e. The van der Waals surface area contributed by atoms with Crippen LogP contribution in [0.25, 0.3) is 0 Å². The van der Waals surface area contributed by atoms with Gasteiger partial charge in [0.15, 0.2) is 0 Å². The Morgan fingerprint density at radius 1 is 1.09 bits per heavy atom. The fourth-order valence-corrected chi connectivity index (χ4v) is 7.54. The van der Waals surface area contributed by atoms with Gasteiger partial charge in [0.1, 0.15) is 16.1 Å². The Hall–Kier alpha value is -2.28. The van der Waals surface area contributed by atoms with E-state index in [1.165, 1.54) is 21.7 Å². The Morgan fingerprint density at radius 2 is 1.78 bits per heavy atom. The molecule has 1 amide bonds. The third-order valence-corrected chi connectivity index (χ3v) is 10.1. The van der Waals surface area contributed by atoms with Crippen LogP contribution in [0.5, 0.6) is 0 Å². The van der Waals surface area contributed by atoms with E-state index in [4.69, 9.17) is 0 Å². The molecule has 0 aliphatic carbocycles. The molecule has 172 valence electrons. The number of sulfonamides is 2. The maximum atomic E-state index is 13.3. The predicted octanol–water partition coefficient (Wildman–Crippen LogP) is 1.34. The fourth-order valence-electron chi connectivity index (χ4n) is 3.73. The number of carbonyl (C=O) groups is 1. The third kappa shape index (κ3) is 4.19. The monoisotopic (exact) mass is 496 g/mol. The average Bonchev–Trinajstić information content (AvgIpc) is 3.39. The Kier molecular flexibility index (Phi) is 6.14. The highest BCUT2D eigenvalue weighted by atomic mass is 32.2. The predicted molar refractivity (Wildman–Crippen MR) is 122 cm³/mol. The number of hydrogen-bond donors (Lipinski definition) is 1. The van der Waals surface area contributed by atoms with Gasteiger partial charge in [-0.15, -0.1) is 11.3 Å². The first-order valence-corrected chi connectivity index (χ1v) is 13.9. The fraction of sp³-hybridized carbons (Fsp3) is 0.400. The van der Waals surface area contributed by atoms with Crippen LogP contribution in [-0.2, 0) is 24.8 Å². The molecular weight excluding hydrogens is 472 g/mol. The van der Waals surface area contributed by atoms with Crippen molar-refractivity contribution in [1.82, 2.24) is 13.9 Å². The van der Waals surface area contributed by atoms with Crippen molar-refractivity contribution < 1.29 is 21.6 Å². The highest BCUT2D eigenvalue weighted by Gasteiger charge is 2.36. The Balaban J connectivity index is 1.52. The van der Waals surface area contributed by atoms with Crippen LogP contribution in [0.2, 0.25) is 0 Å². The zero-order valence-corrected chi connectivity index (χ0v) is 20.1. The number of amidine groups is 1. The second-order valence-corrected chi connectivity index (χ2v) is 12.7. The van der Waals surface area contributed by atoms with E-state index in [2.05, 4.69) is 9.71 Å². The topological polar surface area (TPSA) is 116 Å². The normalized spacial score (nSPS) is 20.8. The van der Waals surface area contributed by atoms with Gasteiger partial charge < -0.3 is 4.90 Å². The summed E-state index contributed by atoms with van der Waals surface area (Å²) in [6.45, 7) is 4.59. The van der Waals surface area contributed by atoms with Crippen molar-refractivity contribution in [2.24, 2.45) is 10.9 Å². The molecule has 3 heterocycles. The summed E-state index contributed by atoms with van der Waals surface area (Å²) in [5.41, 5.74) is 0.442. The SMILES string of the molecule is CC(C)[C@@H](N=C1NS(=O)(=O)c2ccccc21)C(=O)N1CCN(S(=O)(=O)c2cccs2)CC1. The van der Waals surface area contributed by atoms with Gasteiger partial charge in [0, 0.05) is 31.7 Å². The molecule has 1 N–H and O–H groups in total. The number of nitrogens with zero attached hydrogens (tertiary/aromatic N) is 3. The minimum atomic E-state index is -3.70. The lowest BCUT2D eigenvalue weighted by Crippen LogP contribution is -2.53. The van der Waals surface area contributed by atoms with Crippen molar-refractivity contribution in [3.63, 3.8) is 0 Å². The van der Waals surface area contributed by atoms with E-state index in [9.17, 15) is 21.6 Å². The Morgan fingerprint density at radius 3 is 2.41 bits per heavy atom. The van der Waals surface area contributed by atoms with E-state index in [1.54, 1.807) is 40.6 Å². The molecule has 4 rings (SSSR count). The molecule has 1 aromatic heterocycles. The molecule has 1 saturated heterocycles. The Labute approximate surface area is 191 Å². The molecule has 2 aliphatic heterocycles. The van der Waals surface area contributed by atoms with Gasteiger partial charge in [-0.05, 0) is 29.5 Å². The van der Waals surface area contributed by atoms with Gasteiger partial charge in [0.2, 0.25) is 5.91 Å². The summed E-state index contributed by atoms with van der Waals surface area (Å²) in [5.74, 6) is -0.268. The van der Waals surface area contributed by atoms with Crippen molar-refractivity contribution in [1.29, 1.82) is 0 Å². The number of benzene rings is 1. The van der Waals surface area contributed by atoms with Gasteiger partial charge in [0.25, 0.3) is 20.0 Å². The van der Waals surface area contributed by atoms with Gasteiger partial charge in [-0.25, -0.2) is 16.8 Å². The molecule has 32 heavy (non-hydrogen) atoms. The van der Waals surface area contributed by atoms with Crippen LogP contribution < -0.4 is 4.72 Å². The van der Waals surface area contributed by atoms with Crippen LogP contribution >= 0.6 is 11.3 Å². The lowest BCUT2D eigenvalue weighted by atomic mass is 10.0. The average molecular weight is 497 g/mol. The molecule has 1 aromatic carbocycles. The summed E-state index contributed by atoms with van der Waals surface area (Å²) in [5, 5.41) is 1.72. The van der Waals surface area contributed by atoms with Crippen LogP contribution in [0.1, 0.15) is 19.4 Å². The number of fused-ring (bicyclic) bond motifs is 1. The van der Waals surface area contributed by atoms with Crippen LogP contribution in [0, 0.1) is 5.92 Å². The summed E-state index contributed by atoms with van der Waals surface area (Å²) in [6, 6.07) is 8.98. The summed E-state index contributed by atoms with van der Waals surface area (Å²) in [6.07, 6.45) is 0. The van der Waals surface area contributed by atoms with E-state index in [0.29, 0.717) is 5.56 Å². The number of carbonyl (C=O) groups excluding carboxylic acids is 1. The van der Waals surface area contributed by atoms with Crippen molar-refractivity contribution in [2.45, 2.75) is 29.0 Å². The van der Waals surface area contributed by atoms with Crippen LogP contribution in [0.15, 0.2) is 55.9 Å². The lowest BCUT2D eigenvalue weighted by molar-refractivity contribution is -0.134. The first kappa shape index (κ1) is 22.9. The molecule has 0 spiro atoms. The van der Waals surface area contributed by atoms with Crippen LogP contribution in [0.3, 0.4) is 0 Å². The highest BCUT2D eigenvalue weighted by molar-refractivity contribution is 7.91. The maximum Gasteiger partial charge on any atom is 0.263 e. The Bertz CT molecular complexity index is 1250. The van der Waals surface area contributed by atoms with E-state index in [1.807, 2.05) is 13.8 Å². The number of rotatable bonds is 5. The van der Waals surface area contributed by atoms with Crippen molar-refractivity contribution in [3.05, 3.63) is 47.3 Å². The second kappa shape index (κ2) is 8.58. The number of amides is 1. The van der Waals surface area contributed by atoms with E-state index >= 15 is 0 Å². The first-order chi connectivity index (χ1) is 15.1. The van der Waals surface area contributed by atoms with Gasteiger partial charge in [0.05, 0.1) is 4.90 Å². The number of thiophene rings is 1. The molecule has 0 bridgehead atoms. The molecule has 0 unspecified atom stereocenters. The van der Waals surface area contributed by atoms with Gasteiger partial charge in [-0.3, -0.25) is 14.5 Å². The summed E-state index contributed by atoms with van der Waals surface area (Å²) < 4.78 is 54.3. The van der Waals surface area contributed by atoms with Gasteiger partial charge in [-0.2, -0.15) is 4.31 Å². The molecular formula is C20H24N4O5S3. The summed E-state index contributed by atoms with van der Waals surface area (Å²) in [7, 11) is -7.26. The molecule has 1 fully saturated rings. The lowest BCUT2D eigenvalue weighted by Gasteiger charge is -2.35. The number of aliphatic imine (C=N–C) groups is 1. The highest BCUT2D eigenvalue weighted by Crippen LogP contribution is 2.25. The summed E-state index contributed by atoms with van der Waals surface area (Å²) in [4.78, 5) is 19.5. The number of hydrogen-bond acceptors (Lipinski definition) is 7. The van der Waals surface area contributed by atoms with Crippen molar-refractivity contribution in [3.8, 4) is 0 Å². The molecule has 2 aromatic rings. The standard InChI is InChI=1S/C20H24N4O5S3/c1-14(2)18(21-19-15-6-3-4-7-16(15)31(26,27)22-19)20(25)23-9-11-24(12-10-23)32(28,29)17-8-5-13-30-17/h3-8,13-14,18H,9-12H2,1-2H3,(H,21,22)/t18-/m1/s1. The van der Waals surface area contributed by atoms with Crippen LogP contribution in [-0.4, -0.2) is 70.0 Å². The molecule has 0 radical (unpaired) electrons. The van der Waals surface area contributed by atoms with E-state index in [-0.39, 0.29) is 52.9 Å². The largest absolute Gasteiger partial charge is 0.338 e. The second-order valence-electron chi connectivity index (χ2n) is 7.93. The zero-order chi connectivity index (χ0) is 23.1. The van der Waals surface area contributed by atoms with E-state index in [0.717, 1.165) is 0 Å². The molecule has 2 aliphatic rings. The maximum absolute atomic E-state index is 13.3. The van der Waals surface area contributed by atoms with Crippen LogP contribution in [0.4, 0.5) is 0 Å². The quantitative estimate of drug-likeness (QED) is 0.671. The summed E-state index contributed by atoms with van der Waals surface area (Å²) >= 11 is 1.17. The molecule has 1 atom stereocenters. The first-order valence-electron chi connectivity index (χ1n) is 10.1. The third-order valence-electron chi connectivity index (χ3n) is 5.45. The van der Waals surface area contributed by atoms with Crippen molar-refractivity contribution in [2.75, 3.05) is 26.2 Å².